The summed E-state index contributed by atoms with van der Waals surface area (Å²) in [5, 5.41) is 13.7. The number of anilines is 1. The van der Waals surface area contributed by atoms with Crippen LogP contribution in [0.4, 0.5) is 5.95 Å². The summed E-state index contributed by atoms with van der Waals surface area (Å²) in [4.78, 5) is 2.22. The van der Waals surface area contributed by atoms with Crippen molar-refractivity contribution in [3.05, 3.63) is 47.3 Å². The van der Waals surface area contributed by atoms with E-state index in [4.69, 9.17) is 9.26 Å². The Labute approximate surface area is 156 Å². The van der Waals surface area contributed by atoms with E-state index in [1.165, 1.54) is 5.56 Å². The third-order valence-electron chi connectivity index (χ3n) is 4.22. The molecule has 136 valence electrons. The van der Waals surface area contributed by atoms with Crippen LogP contribution in [-0.2, 0) is 10.5 Å². The molecule has 1 saturated heterocycles. The maximum atomic E-state index is 5.47. The van der Waals surface area contributed by atoms with Gasteiger partial charge in [-0.2, -0.15) is 0 Å². The predicted octanol–water partition coefficient (Wildman–Crippen LogP) is 3.00. The lowest BCUT2D eigenvalue weighted by Gasteiger charge is -2.27. The molecule has 0 radical (unpaired) electrons. The maximum absolute atomic E-state index is 5.47. The molecule has 1 aromatic carbocycles. The van der Waals surface area contributed by atoms with Crippen molar-refractivity contribution in [1.82, 2.24) is 19.9 Å². The van der Waals surface area contributed by atoms with Crippen molar-refractivity contribution in [2.45, 2.75) is 24.8 Å². The van der Waals surface area contributed by atoms with Gasteiger partial charge in [-0.3, -0.25) is 4.57 Å². The first-order chi connectivity index (χ1) is 12.7. The number of hydrogen-bond donors (Lipinski definition) is 0. The number of morpholine rings is 1. The predicted molar refractivity (Wildman–Crippen MR) is 99.9 cm³/mol. The minimum atomic E-state index is 0.661. The molecule has 1 aliphatic heterocycles. The summed E-state index contributed by atoms with van der Waals surface area (Å²) in [6, 6.07) is 10.4. The summed E-state index contributed by atoms with van der Waals surface area (Å²) in [5.74, 6) is 2.35. The lowest BCUT2D eigenvalue weighted by Crippen LogP contribution is -2.37. The van der Waals surface area contributed by atoms with Crippen LogP contribution in [0.2, 0.25) is 0 Å². The molecule has 1 aliphatic rings. The molecule has 0 bridgehead atoms. The number of thioether (sulfide) groups is 1. The van der Waals surface area contributed by atoms with E-state index in [-0.39, 0.29) is 0 Å². The third-order valence-corrected chi connectivity index (χ3v) is 5.17. The van der Waals surface area contributed by atoms with Crippen LogP contribution in [-0.4, -0.2) is 46.2 Å². The highest BCUT2D eigenvalue weighted by Gasteiger charge is 2.22. The van der Waals surface area contributed by atoms with Crippen LogP contribution in [0.3, 0.4) is 0 Å². The van der Waals surface area contributed by atoms with Crippen molar-refractivity contribution in [3.63, 3.8) is 0 Å². The molecule has 0 aliphatic carbocycles. The Morgan fingerprint density at radius 3 is 2.54 bits per heavy atom. The van der Waals surface area contributed by atoms with Gasteiger partial charge in [-0.1, -0.05) is 34.6 Å². The number of nitrogens with zero attached hydrogens (tertiary/aromatic N) is 5. The van der Waals surface area contributed by atoms with E-state index in [9.17, 15) is 0 Å². The average Bonchev–Trinajstić information content (AvgIpc) is 3.27. The zero-order chi connectivity index (χ0) is 17.9. The average molecular weight is 371 g/mol. The van der Waals surface area contributed by atoms with Gasteiger partial charge in [-0.25, -0.2) is 0 Å². The second-order valence-corrected chi connectivity index (χ2v) is 7.22. The van der Waals surface area contributed by atoms with Crippen LogP contribution in [0.15, 0.2) is 40.0 Å². The molecule has 0 atom stereocenters. The lowest BCUT2D eigenvalue weighted by molar-refractivity contribution is 0.122. The SMILES string of the molecule is Cc1ccc(-n2c(SCc3cc(C)no3)nnc2N2CCOCC2)cc1. The first-order valence-corrected chi connectivity index (χ1v) is 9.59. The zero-order valence-electron chi connectivity index (χ0n) is 14.9. The Hall–Kier alpha value is -2.32. The Morgan fingerprint density at radius 1 is 1.08 bits per heavy atom. The number of aryl methyl sites for hydroxylation is 2. The second-order valence-electron chi connectivity index (χ2n) is 6.28. The Morgan fingerprint density at radius 2 is 1.85 bits per heavy atom. The number of rotatable bonds is 5. The van der Waals surface area contributed by atoms with Gasteiger partial charge in [0.05, 0.1) is 30.3 Å². The Balaban J connectivity index is 1.66. The molecule has 0 N–H and O–H groups in total. The van der Waals surface area contributed by atoms with Crippen LogP contribution in [0.25, 0.3) is 5.69 Å². The topological polar surface area (TPSA) is 69.2 Å². The number of benzene rings is 1. The van der Waals surface area contributed by atoms with Gasteiger partial charge in [0, 0.05) is 19.2 Å². The summed E-state index contributed by atoms with van der Waals surface area (Å²) < 4.78 is 12.9. The summed E-state index contributed by atoms with van der Waals surface area (Å²) >= 11 is 1.60. The molecule has 4 rings (SSSR count). The lowest BCUT2D eigenvalue weighted by atomic mass is 10.2. The van der Waals surface area contributed by atoms with E-state index in [0.717, 1.165) is 41.3 Å². The monoisotopic (exact) mass is 371 g/mol. The highest BCUT2D eigenvalue weighted by molar-refractivity contribution is 7.98. The van der Waals surface area contributed by atoms with Crippen molar-refractivity contribution >= 4 is 17.7 Å². The molecular weight excluding hydrogens is 350 g/mol. The van der Waals surface area contributed by atoms with Crippen molar-refractivity contribution in [3.8, 4) is 5.69 Å². The molecule has 1 fully saturated rings. The maximum Gasteiger partial charge on any atom is 0.232 e. The van der Waals surface area contributed by atoms with Gasteiger partial charge in [0.25, 0.3) is 0 Å². The van der Waals surface area contributed by atoms with Gasteiger partial charge in [0.15, 0.2) is 5.16 Å². The van der Waals surface area contributed by atoms with E-state index in [0.29, 0.717) is 19.0 Å². The van der Waals surface area contributed by atoms with Gasteiger partial charge in [-0.05, 0) is 26.0 Å². The molecule has 3 heterocycles. The summed E-state index contributed by atoms with van der Waals surface area (Å²) in [7, 11) is 0. The van der Waals surface area contributed by atoms with Gasteiger partial charge < -0.3 is 14.2 Å². The smallest absolute Gasteiger partial charge is 0.232 e. The van der Waals surface area contributed by atoms with Crippen molar-refractivity contribution < 1.29 is 9.26 Å². The molecular formula is C18H21N5O2S. The molecule has 26 heavy (non-hydrogen) atoms. The fraction of sp³-hybridized carbons (Fsp3) is 0.389. The van der Waals surface area contributed by atoms with Gasteiger partial charge in [0.1, 0.15) is 5.76 Å². The quantitative estimate of drug-likeness (QED) is 0.639. The van der Waals surface area contributed by atoms with Gasteiger partial charge >= 0.3 is 0 Å². The summed E-state index contributed by atoms with van der Waals surface area (Å²) in [6.07, 6.45) is 0. The second kappa shape index (κ2) is 7.51. The van der Waals surface area contributed by atoms with E-state index in [2.05, 4.69) is 56.0 Å². The number of aromatic nitrogens is 4. The largest absolute Gasteiger partial charge is 0.378 e. The number of hydrogen-bond acceptors (Lipinski definition) is 7. The van der Waals surface area contributed by atoms with E-state index in [1.807, 2.05) is 13.0 Å². The molecule has 0 saturated carbocycles. The highest BCUT2D eigenvalue weighted by atomic mass is 32.2. The van der Waals surface area contributed by atoms with E-state index >= 15 is 0 Å². The molecule has 7 nitrogen and oxygen atoms in total. The first-order valence-electron chi connectivity index (χ1n) is 8.61. The Kier molecular flexibility index (Phi) is 4.94. The molecule has 8 heteroatoms. The highest BCUT2D eigenvalue weighted by Crippen LogP contribution is 2.29. The van der Waals surface area contributed by atoms with Crippen molar-refractivity contribution in [2.75, 3.05) is 31.2 Å². The molecule has 0 spiro atoms. The van der Waals surface area contributed by atoms with Gasteiger partial charge in [-0.15, -0.1) is 10.2 Å². The fourth-order valence-electron chi connectivity index (χ4n) is 2.86. The normalized spacial score (nSPS) is 14.8. The van der Waals surface area contributed by atoms with Crippen molar-refractivity contribution in [1.29, 1.82) is 0 Å². The molecule has 0 amide bonds. The van der Waals surface area contributed by atoms with Crippen LogP contribution in [0.5, 0.6) is 0 Å². The summed E-state index contributed by atoms with van der Waals surface area (Å²) in [6.45, 7) is 7.05. The van der Waals surface area contributed by atoms with Crippen LogP contribution >= 0.6 is 11.8 Å². The zero-order valence-corrected chi connectivity index (χ0v) is 15.7. The Bertz CT molecular complexity index is 868. The fourth-order valence-corrected chi connectivity index (χ4v) is 3.69. The minimum Gasteiger partial charge on any atom is -0.378 e. The van der Waals surface area contributed by atoms with Gasteiger partial charge in [0.2, 0.25) is 5.95 Å². The van der Waals surface area contributed by atoms with Crippen molar-refractivity contribution in [2.24, 2.45) is 0 Å². The standard InChI is InChI=1S/C18H21N5O2S/c1-13-3-5-15(6-4-13)23-17(22-7-9-24-10-8-22)19-20-18(23)26-12-16-11-14(2)21-25-16/h3-6,11H,7-10,12H2,1-2H3. The molecule has 0 unspecified atom stereocenters. The minimum absolute atomic E-state index is 0.661. The van der Waals surface area contributed by atoms with E-state index < -0.39 is 0 Å². The molecule has 3 aromatic rings. The molecule has 2 aromatic heterocycles. The van der Waals surface area contributed by atoms with E-state index in [1.54, 1.807) is 11.8 Å². The van der Waals surface area contributed by atoms with Crippen LogP contribution in [0, 0.1) is 13.8 Å². The van der Waals surface area contributed by atoms with Crippen LogP contribution < -0.4 is 4.90 Å². The summed E-state index contributed by atoms with van der Waals surface area (Å²) in [5.41, 5.74) is 3.16. The number of ether oxygens (including phenoxy) is 1. The third kappa shape index (κ3) is 3.61. The van der Waals surface area contributed by atoms with Crippen LogP contribution in [0.1, 0.15) is 17.0 Å². The first kappa shape index (κ1) is 17.1.